The van der Waals surface area contributed by atoms with E-state index >= 15 is 0 Å². The van der Waals surface area contributed by atoms with E-state index < -0.39 is 0 Å². The Morgan fingerprint density at radius 1 is 1.14 bits per heavy atom. The fourth-order valence-corrected chi connectivity index (χ4v) is 3.00. The molecule has 0 bridgehead atoms. The zero-order valence-electron chi connectivity index (χ0n) is 17.4. The number of hydrogen-bond acceptors (Lipinski definition) is 5. The van der Waals surface area contributed by atoms with Gasteiger partial charge in [-0.2, -0.15) is 0 Å². The van der Waals surface area contributed by atoms with Crippen LogP contribution in [0.1, 0.15) is 24.2 Å². The van der Waals surface area contributed by atoms with Crippen molar-refractivity contribution in [1.29, 1.82) is 0 Å². The van der Waals surface area contributed by atoms with Crippen molar-refractivity contribution in [2.24, 2.45) is 4.99 Å². The van der Waals surface area contributed by atoms with Crippen molar-refractivity contribution in [3.05, 3.63) is 29.8 Å². The van der Waals surface area contributed by atoms with Crippen molar-refractivity contribution in [3.63, 3.8) is 0 Å². The maximum absolute atomic E-state index is 12.1. The van der Waals surface area contributed by atoms with Crippen molar-refractivity contribution < 1.29 is 14.3 Å². The smallest absolute Gasteiger partial charge is 0.251 e. The maximum Gasteiger partial charge on any atom is 0.251 e. The molecule has 1 aromatic rings. The number of guanidine groups is 1. The number of ether oxygens (including phenoxy) is 2. The highest BCUT2D eigenvalue weighted by molar-refractivity contribution is 5.94. The number of carbonyl (C=O) groups is 1. The van der Waals surface area contributed by atoms with Crippen molar-refractivity contribution in [2.75, 3.05) is 60.1 Å². The molecule has 3 N–H and O–H groups in total. The minimum Gasteiger partial charge on any atom is -0.497 e. The molecule has 1 aliphatic heterocycles. The molecule has 28 heavy (non-hydrogen) atoms. The number of rotatable bonds is 8. The molecule has 1 saturated heterocycles. The summed E-state index contributed by atoms with van der Waals surface area (Å²) in [7, 11) is 3.34. The Labute approximate surface area is 167 Å². The number of morpholine rings is 1. The Morgan fingerprint density at radius 2 is 1.79 bits per heavy atom. The molecule has 0 aliphatic carbocycles. The van der Waals surface area contributed by atoms with E-state index in [0.717, 1.165) is 44.6 Å². The average molecular weight is 392 g/mol. The molecule has 0 unspecified atom stereocenters. The fourth-order valence-electron chi connectivity index (χ4n) is 3.00. The summed E-state index contributed by atoms with van der Waals surface area (Å²) in [5.41, 5.74) is 0.611. The van der Waals surface area contributed by atoms with E-state index in [1.807, 2.05) is 0 Å². The average Bonchev–Trinajstić information content (AvgIpc) is 2.73. The van der Waals surface area contributed by atoms with Crippen LogP contribution in [-0.4, -0.2) is 82.4 Å². The van der Waals surface area contributed by atoms with Crippen LogP contribution >= 0.6 is 0 Å². The molecule has 0 aromatic heterocycles. The van der Waals surface area contributed by atoms with Crippen LogP contribution in [0.4, 0.5) is 0 Å². The molecule has 0 atom stereocenters. The van der Waals surface area contributed by atoms with E-state index in [9.17, 15) is 4.79 Å². The molecule has 1 amide bonds. The van der Waals surface area contributed by atoms with Crippen LogP contribution in [0.15, 0.2) is 29.3 Å². The number of benzene rings is 1. The van der Waals surface area contributed by atoms with Crippen LogP contribution in [0.5, 0.6) is 5.75 Å². The van der Waals surface area contributed by atoms with Gasteiger partial charge in [-0.25, -0.2) is 0 Å². The summed E-state index contributed by atoms with van der Waals surface area (Å²) in [6.07, 6.45) is 0. The first-order valence-corrected chi connectivity index (χ1v) is 9.66. The van der Waals surface area contributed by atoms with E-state index in [1.165, 1.54) is 0 Å². The lowest BCUT2D eigenvalue weighted by molar-refractivity contribution is -0.00833. The van der Waals surface area contributed by atoms with Gasteiger partial charge < -0.3 is 25.4 Å². The second-order valence-electron chi connectivity index (χ2n) is 7.25. The predicted octanol–water partition coefficient (Wildman–Crippen LogP) is 0.701. The molecular weight excluding hydrogens is 358 g/mol. The lowest BCUT2D eigenvalue weighted by Gasteiger charge is -2.41. The second kappa shape index (κ2) is 10.9. The van der Waals surface area contributed by atoms with Crippen LogP contribution in [0.25, 0.3) is 0 Å². The van der Waals surface area contributed by atoms with E-state index in [-0.39, 0.29) is 11.4 Å². The van der Waals surface area contributed by atoms with E-state index in [0.29, 0.717) is 18.7 Å². The number of nitrogens with zero attached hydrogens (tertiary/aromatic N) is 2. The van der Waals surface area contributed by atoms with Gasteiger partial charge in [0, 0.05) is 50.9 Å². The standard InChI is InChI=1S/C20H33N5O3/c1-20(2,25-11-13-28-14-12-25)15-24-19(21-3)23-10-9-22-18(26)16-5-7-17(27-4)8-6-16/h5-8H,9-15H2,1-4H3,(H,22,26)(H2,21,23,24). The first kappa shape index (κ1) is 22.0. The van der Waals surface area contributed by atoms with Crippen LogP contribution in [0.2, 0.25) is 0 Å². The topological polar surface area (TPSA) is 87.2 Å². The summed E-state index contributed by atoms with van der Waals surface area (Å²) in [6.45, 7) is 9.73. The Kier molecular flexibility index (Phi) is 8.53. The van der Waals surface area contributed by atoms with Crippen LogP contribution in [-0.2, 0) is 4.74 Å². The number of hydrogen-bond donors (Lipinski definition) is 3. The van der Waals surface area contributed by atoms with E-state index in [1.54, 1.807) is 38.4 Å². The lowest BCUT2D eigenvalue weighted by Crippen LogP contribution is -2.56. The summed E-state index contributed by atoms with van der Waals surface area (Å²) in [5.74, 6) is 1.34. The van der Waals surface area contributed by atoms with Gasteiger partial charge in [-0.15, -0.1) is 0 Å². The molecule has 2 rings (SSSR count). The Bertz CT molecular complexity index is 640. The number of methoxy groups -OCH3 is 1. The van der Waals surface area contributed by atoms with E-state index in [4.69, 9.17) is 9.47 Å². The zero-order valence-corrected chi connectivity index (χ0v) is 17.4. The first-order valence-electron chi connectivity index (χ1n) is 9.66. The number of amides is 1. The molecule has 1 aliphatic rings. The van der Waals surface area contributed by atoms with E-state index in [2.05, 4.69) is 39.7 Å². The van der Waals surface area contributed by atoms with Gasteiger partial charge in [0.2, 0.25) is 0 Å². The Balaban J connectivity index is 1.69. The van der Waals surface area contributed by atoms with Crippen molar-refractivity contribution in [1.82, 2.24) is 20.9 Å². The number of carbonyl (C=O) groups excluding carboxylic acids is 1. The van der Waals surface area contributed by atoms with Crippen LogP contribution in [0, 0.1) is 0 Å². The molecule has 0 radical (unpaired) electrons. The van der Waals surface area contributed by atoms with Gasteiger partial charge in [0.05, 0.1) is 20.3 Å². The third kappa shape index (κ3) is 6.69. The Morgan fingerprint density at radius 3 is 2.39 bits per heavy atom. The number of nitrogens with one attached hydrogen (secondary N) is 3. The molecule has 8 heteroatoms. The summed E-state index contributed by atoms with van der Waals surface area (Å²) in [6, 6.07) is 7.04. The molecule has 156 valence electrons. The van der Waals surface area contributed by atoms with Gasteiger partial charge in [-0.1, -0.05) is 0 Å². The highest BCUT2D eigenvalue weighted by Gasteiger charge is 2.28. The van der Waals surface area contributed by atoms with Gasteiger partial charge >= 0.3 is 0 Å². The van der Waals surface area contributed by atoms with Crippen LogP contribution in [0.3, 0.4) is 0 Å². The molecule has 8 nitrogen and oxygen atoms in total. The highest BCUT2D eigenvalue weighted by Crippen LogP contribution is 2.15. The summed E-state index contributed by atoms with van der Waals surface area (Å²) in [5, 5.41) is 9.49. The second-order valence-corrected chi connectivity index (χ2v) is 7.25. The third-order valence-corrected chi connectivity index (χ3v) is 4.83. The predicted molar refractivity (Wildman–Crippen MR) is 111 cm³/mol. The first-order chi connectivity index (χ1) is 13.5. The molecule has 0 saturated carbocycles. The van der Waals surface area contributed by atoms with Crippen molar-refractivity contribution in [2.45, 2.75) is 19.4 Å². The normalized spacial score (nSPS) is 15.8. The fraction of sp³-hybridized carbons (Fsp3) is 0.600. The highest BCUT2D eigenvalue weighted by atomic mass is 16.5. The van der Waals surface area contributed by atoms with Gasteiger partial charge in [0.25, 0.3) is 5.91 Å². The molecule has 1 heterocycles. The minimum absolute atomic E-state index is 0.00395. The summed E-state index contributed by atoms with van der Waals surface area (Å²) in [4.78, 5) is 18.8. The third-order valence-electron chi connectivity index (χ3n) is 4.83. The van der Waals surface area contributed by atoms with Gasteiger partial charge in [-0.05, 0) is 38.1 Å². The number of aliphatic imine (C=N–C) groups is 1. The van der Waals surface area contributed by atoms with Crippen LogP contribution < -0.4 is 20.7 Å². The summed E-state index contributed by atoms with van der Waals surface area (Å²) >= 11 is 0. The lowest BCUT2D eigenvalue weighted by atomic mass is 10.0. The van der Waals surface area contributed by atoms with Crippen molar-refractivity contribution in [3.8, 4) is 5.75 Å². The monoisotopic (exact) mass is 391 g/mol. The largest absolute Gasteiger partial charge is 0.497 e. The van der Waals surface area contributed by atoms with Gasteiger partial charge in [0.1, 0.15) is 5.75 Å². The molecule has 1 aromatic carbocycles. The zero-order chi connectivity index (χ0) is 20.4. The van der Waals surface area contributed by atoms with Gasteiger partial charge in [0.15, 0.2) is 5.96 Å². The van der Waals surface area contributed by atoms with Gasteiger partial charge in [-0.3, -0.25) is 14.7 Å². The minimum atomic E-state index is -0.110. The molecule has 1 fully saturated rings. The quantitative estimate of drug-likeness (QED) is 0.344. The Hall–Kier alpha value is -2.32. The SMILES string of the molecule is CN=C(NCCNC(=O)c1ccc(OC)cc1)NCC(C)(C)N1CCOCC1. The molecular formula is C20H33N5O3. The summed E-state index contributed by atoms with van der Waals surface area (Å²) < 4.78 is 10.5. The maximum atomic E-state index is 12.1. The van der Waals surface area contributed by atoms with Crippen molar-refractivity contribution >= 4 is 11.9 Å². The molecule has 0 spiro atoms.